The van der Waals surface area contributed by atoms with Crippen molar-refractivity contribution in [3.8, 4) is 5.75 Å². The first-order valence-corrected chi connectivity index (χ1v) is 8.67. The molecule has 3 heterocycles. The molecule has 3 aromatic heterocycles. The van der Waals surface area contributed by atoms with Gasteiger partial charge in [0.15, 0.2) is 0 Å². The molecular formula is C19H17N3OS. The smallest absolute Gasteiger partial charge is 0.140 e. The lowest BCUT2D eigenvalue weighted by molar-refractivity contribution is 0.306. The van der Waals surface area contributed by atoms with E-state index in [1.807, 2.05) is 23.7 Å². The van der Waals surface area contributed by atoms with E-state index in [9.17, 15) is 0 Å². The number of rotatable bonds is 5. The predicted molar refractivity (Wildman–Crippen MR) is 96.5 cm³/mol. The molecule has 4 nitrogen and oxygen atoms in total. The largest absolute Gasteiger partial charge is 0.486 e. The van der Waals surface area contributed by atoms with E-state index in [-0.39, 0.29) is 0 Å². The Morgan fingerprint density at radius 3 is 2.92 bits per heavy atom. The fourth-order valence-corrected chi connectivity index (χ4v) is 3.36. The molecule has 5 heteroatoms. The van der Waals surface area contributed by atoms with Crippen LogP contribution in [0.4, 0.5) is 0 Å². The summed E-state index contributed by atoms with van der Waals surface area (Å²) in [5, 5.41) is 4.14. The van der Waals surface area contributed by atoms with Gasteiger partial charge in [-0.3, -0.25) is 4.98 Å². The quantitative estimate of drug-likeness (QED) is 0.542. The summed E-state index contributed by atoms with van der Waals surface area (Å²) in [6, 6.07) is 12.5. The fourth-order valence-electron chi connectivity index (χ4n) is 2.83. The van der Waals surface area contributed by atoms with Gasteiger partial charge >= 0.3 is 0 Å². The molecule has 120 valence electrons. The molecule has 1 aromatic carbocycles. The summed E-state index contributed by atoms with van der Waals surface area (Å²) in [4.78, 5) is 8.44. The van der Waals surface area contributed by atoms with Gasteiger partial charge in [0.1, 0.15) is 17.4 Å². The molecule has 0 aliphatic carbocycles. The maximum Gasteiger partial charge on any atom is 0.140 e. The summed E-state index contributed by atoms with van der Waals surface area (Å²) < 4.78 is 8.16. The van der Waals surface area contributed by atoms with Gasteiger partial charge in [-0.2, -0.15) is 0 Å². The Labute approximate surface area is 144 Å². The number of hydrogen-bond acceptors (Lipinski definition) is 4. The molecule has 4 aromatic rings. The molecule has 0 saturated carbocycles. The molecule has 0 saturated heterocycles. The number of fused-ring (bicyclic) bond motifs is 1. The second-order valence-electron chi connectivity index (χ2n) is 5.67. The lowest BCUT2D eigenvalue weighted by Gasteiger charge is -2.09. The number of nitrogens with zero attached hydrogens (tertiary/aromatic N) is 3. The topological polar surface area (TPSA) is 39.9 Å². The number of ether oxygens (including phenoxy) is 1. The second kappa shape index (κ2) is 6.45. The van der Waals surface area contributed by atoms with Gasteiger partial charge in [0.2, 0.25) is 0 Å². The second-order valence-corrected chi connectivity index (χ2v) is 6.65. The molecule has 0 aliphatic heterocycles. The van der Waals surface area contributed by atoms with Crippen LogP contribution in [-0.4, -0.2) is 14.5 Å². The number of hydrogen-bond donors (Lipinski definition) is 0. The zero-order valence-electron chi connectivity index (χ0n) is 13.3. The van der Waals surface area contributed by atoms with Crippen molar-refractivity contribution in [2.75, 3.05) is 0 Å². The lowest BCUT2D eigenvalue weighted by atomic mass is 10.2. The van der Waals surface area contributed by atoms with Gasteiger partial charge < -0.3 is 9.30 Å². The van der Waals surface area contributed by atoms with Gasteiger partial charge in [-0.1, -0.05) is 6.07 Å². The fraction of sp³-hybridized carbons (Fsp3) is 0.158. The molecule has 0 radical (unpaired) electrons. The van der Waals surface area contributed by atoms with E-state index < -0.39 is 0 Å². The van der Waals surface area contributed by atoms with Crippen molar-refractivity contribution in [1.82, 2.24) is 14.5 Å². The van der Waals surface area contributed by atoms with Crippen LogP contribution in [0.15, 0.2) is 60.4 Å². The number of aromatic nitrogens is 3. The van der Waals surface area contributed by atoms with Gasteiger partial charge in [-0.15, -0.1) is 11.3 Å². The van der Waals surface area contributed by atoms with Crippen molar-refractivity contribution in [3.05, 3.63) is 76.6 Å². The Balaban J connectivity index is 1.59. The first-order chi connectivity index (χ1) is 11.8. The lowest BCUT2D eigenvalue weighted by Crippen LogP contribution is -2.01. The monoisotopic (exact) mass is 335 g/mol. The third-order valence-corrected chi connectivity index (χ3v) is 4.74. The first-order valence-electron chi connectivity index (χ1n) is 7.79. The minimum atomic E-state index is 0.512. The molecule has 24 heavy (non-hydrogen) atoms. The van der Waals surface area contributed by atoms with Gasteiger partial charge in [-0.25, -0.2) is 4.98 Å². The van der Waals surface area contributed by atoms with Crippen LogP contribution in [0.1, 0.15) is 16.3 Å². The highest BCUT2D eigenvalue weighted by Crippen LogP contribution is 2.26. The summed E-state index contributed by atoms with van der Waals surface area (Å²) in [6.07, 6.45) is 5.52. The van der Waals surface area contributed by atoms with Crippen LogP contribution in [0.2, 0.25) is 0 Å². The molecule has 0 N–H and O–H groups in total. The minimum absolute atomic E-state index is 0.512. The van der Waals surface area contributed by atoms with Crippen LogP contribution < -0.4 is 4.74 Å². The third kappa shape index (κ3) is 3.03. The maximum atomic E-state index is 5.85. The van der Waals surface area contributed by atoms with Crippen LogP contribution >= 0.6 is 11.3 Å². The molecule has 0 atom stereocenters. The number of benzene rings is 1. The van der Waals surface area contributed by atoms with E-state index in [2.05, 4.69) is 45.7 Å². The predicted octanol–water partition coefficient (Wildman–Crippen LogP) is 4.43. The molecular weight excluding hydrogens is 318 g/mol. The van der Waals surface area contributed by atoms with Gasteiger partial charge in [0, 0.05) is 47.1 Å². The van der Waals surface area contributed by atoms with Crippen LogP contribution in [0, 0.1) is 6.92 Å². The molecule has 0 aliphatic rings. The van der Waals surface area contributed by atoms with Gasteiger partial charge in [0.05, 0.1) is 0 Å². The Hall–Kier alpha value is -2.66. The van der Waals surface area contributed by atoms with Gasteiger partial charge in [-0.05, 0) is 42.8 Å². The van der Waals surface area contributed by atoms with Crippen molar-refractivity contribution in [3.63, 3.8) is 0 Å². The summed E-state index contributed by atoms with van der Waals surface area (Å²) in [5.74, 6) is 0.872. The summed E-state index contributed by atoms with van der Waals surface area (Å²) in [7, 11) is 0. The highest BCUT2D eigenvalue weighted by Gasteiger charge is 2.08. The van der Waals surface area contributed by atoms with E-state index in [1.165, 1.54) is 22.2 Å². The number of thiazole rings is 1. The Morgan fingerprint density at radius 2 is 2.12 bits per heavy atom. The molecule has 0 spiro atoms. The summed E-state index contributed by atoms with van der Waals surface area (Å²) >= 11 is 1.61. The van der Waals surface area contributed by atoms with E-state index >= 15 is 0 Å². The zero-order valence-corrected chi connectivity index (χ0v) is 14.2. The van der Waals surface area contributed by atoms with Gasteiger partial charge in [0.25, 0.3) is 0 Å². The van der Waals surface area contributed by atoms with E-state index in [4.69, 9.17) is 4.74 Å². The number of aryl methyl sites for hydroxylation is 1. The SMILES string of the molecule is Cc1cc2cc(OCc3nccs3)ccc2n1Cc1cccnc1. The van der Waals surface area contributed by atoms with E-state index in [0.717, 1.165) is 17.3 Å². The van der Waals surface area contributed by atoms with E-state index in [0.29, 0.717) is 6.61 Å². The van der Waals surface area contributed by atoms with Crippen molar-refractivity contribution >= 4 is 22.2 Å². The molecule has 0 amide bonds. The van der Waals surface area contributed by atoms with Crippen LogP contribution in [-0.2, 0) is 13.2 Å². The zero-order chi connectivity index (χ0) is 16.4. The summed E-state index contributed by atoms with van der Waals surface area (Å²) in [5.41, 5.74) is 3.63. The Bertz CT molecular complexity index is 946. The standard InChI is InChI=1S/C19H17N3OS/c1-14-9-16-10-17(23-13-19-21-7-8-24-19)4-5-18(16)22(14)12-15-3-2-6-20-11-15/h2-11H,12-13H2,1H3. The van der Waals surface area contributed by atoms with Crippen molar-refractivity contribution in [2.24, 2.45) is 0 Å². The van der Waals surface area contributed by atoms with Crippen LogP contribution in [0.3, 0.4) is 0 Å². The van der Waals surface area contributed by atoms with Crippen molar-refractivity contribution in [2.45, 2.75) is 20.1 Å². The summed E-state index contributed by atoms with van der Waals surface area (Å²) in [6.45, 7) is 3.47. The Kier molecular flexibility index (Phi) is 4.01. The average Bonchev–Trinajstić information content (AvgIpc) is 3.22. The Morgan fingerprint density at radius 1 is 1.17 bits per heavy atom. The maximum absolute atomic E-state index is 5.85. The van der Waals surface area contributed by atoms with Crippen molar-refractivity contribution < 1.29 is 4.74 Å². The number of pyridine rings is 1. The van der Waals surface area contributed by atoms with Crippen LogP contribution in [0.25, 0.3) is 10.9 Å². The minimum Gasteiger partial charge on any atom is -0.486 e. The average molecular weight is 335 g/mol. The highest BCUT2D eigenvalue weighted by molar-refractivity contribution is 7.09. The van der Waals surface area contributed by atoms with Crippen molar-refractivity contribution in [1.29, 1.82) is 0 Å². The molecule has 4 rings (SSSR count). The van der Waals surface area contributed by atoms with Crippen LogP contribution in [0.5, 0.6) is 5.75 Å². The van der Waals surface area contributed by atoms with E-state index in [1.54, 1.807) is 23.7 Å². The molecule has 0 bridgehead atoms. The first kappa shape index (κ1) is 14.9. The normalized spacial score (nSPS) is 11.0. The third-order valence-electron chi connectivity index (χ3n) is 3.99. The molecule has 0 fully saturated rings. The highest BCUT2D eigenvalue weighted by atomic mass is 32.1. The molecule has 0 unspecified atom stereocenters.